The van der Waals surface area contributed by atoms with Crippen LogP contribution in [-0.4, -0.2) is 0 Å². The maximum atomic E-state index is 5.08. The quantitative estimate of drug-likeness (QED) is 0.690. The minimum absolute atomic E-state index is 0.495. The van der Waals surface area contributed by atoms with Crippen molar-refractivity contribution in [3.63, 3.8) is 0 Å². The van der Waals surface area contributed by atoms with E-state index in [-0.39, 0.29) is 0 Å². The molecule has 0 aliphatic rings. The van der Waals surface area contributed by atoms with Gasteiger partial charge >= 0.3 is 0 Å². The molecule has 0 aromatic heterocycles. The Morgan fingerprint density at radius 1 is 1.12 bits per heavy atom. The van der Waals surface area contributed by atoms with Crippen LogP contribution in [0.15, 0.2) is 18.2 Å². The zero-order valence-corrected chi connectivity index (χ0v) is 10.6. The Bertz CT molecular complexity index is 383. The van der Waals surface area contributed by atoms with Crippen LogP contribution in [0.25, 0.3) is 0 Å². The van der Waals surface area contributed by atoms with E-state index in [2.05, 4.69) is 52.0 Å². The van der Waals surface area contributed by atoms with Crippen molar-refractivity contribution in [2.24, 2.45) is 0 Å². The molecule has 0 spiro atoms. The lowest BCUT2D eigenvalue weighted by Gasteiger charge is -2.17. The summed E-state index contributed by atoms with van der Waals surface area (Å²) < 4.78 is 4.98. The molecule has 0 aliphatic carbocycles. The summed E-state index contributed by atoms with van der Waals surface area (Å²) in [5.41, 5.74) is 3.96. The fourth-order valence-electron chi connectivity index (χ4n) is 1.86. The average Bonchev–Trinajstić information content (AvgIpc) is 2.25. The molecule has 16 heavy (non-hydrogen) atoms. The van der Waals surface area contributed by atoms with Gasteiger partial charge in [-0.3, -0.25) is 0 Å². The minimum atomic E-state index is 0.495. The Kier molecular flexibility index (Phi) is 4.43. The number of rotatable bonds is 4. The van der Waals surface area contributed by atoms with E-state index in [1.807, 2.05) is 0 Å². The molecule has 0 unspecified atom stereocenters. The Morgan fingerprint density at radius 3 is 2.25 bits per heavy atom. The first-order chi connectivity index (χ1) is 7.56. The number of ether oxygens (including phenoxy) is 1. The molecule has 0 saturated heterocycles. The molecule has 1 aromatic carbocycles. The van der Waals surface area contributed by atoms with Gasteiger partial charge in [-0.1, -0.05) is 52.3 Å². The topological polar surface area (TPSA) is 9.23 Å². The molecule has 0 saturated carbocycles. The number of terminal acetylenes is 1. The summed E-state index contributed by atoms with van der Waals surface area (Å²) >= 11 is 0. The summed E-state index contributed by atoms with van der Waals surface area (Å²) in [4.78, 5) is 0. The molecule has 0 N–H and O–H groups in total. The number of hydrogen-bond acceptors (Lipinski definition) is 1. The molecule has 0 aliphatic heterocycles. The van der Waals surface area contributed by atoms with Crippen molar-refractivity contribution in [2.75, 3.05) is 0 Å². The van der Waals surface area contributed by atoms with Crippen LogP contribution < -0.4 is 0 Å². The summed E-state index contributed by atoms with van der Waals surface area (Å²) in [6.07, 6.45) is 7.28. The summed E-state index contributed by atoms with van der Waals surface area (Å²) in [6.45, 7) is 9.37. The molecule has 0 bridgehead atoms. The van der Waals surface area contributed by atoms with E-state index < -0.39 is 0 Å². The zero-order chi connectivity index (χ0) is 12.1. The fraction of sp³-hybridized carbons (Fsp3) is 0.467. The second-order valence-electron chi connectivity index (χ2n) is 4.68. The normalized spacial score (nSPS) is 10.6. The van der Waals surface area contributed by atoms with E-state index >= 15 is 0 Å². The van der Waals surface area contributed by atoms with Crippen LogP contribution in [0.1, 0.15) is 56.2 Å². The molecule has 1 rings (SSSR count). The lowest BCUT2D eigenvalue weighted by atomic mass is 9.89. The summed E-state index contributed by atoms with van der Waals surface area (Å²) in [6, 6.07) is 6.49. The third-order valence-corrected chi connectivity index (χ3v) is 2.72. The highest BCUT2D eigenvalue weighted by Gasteiger charge is 2.10. The summed E-state index contributed by atoms with van der Waals surface area (Å²) in [7, 11) is 0. The Hall–Kier alpha value is -1.42. The van der Waals surface area contributed by atoms with Gasteiger partial charge in [-0.15, -0.1) is 0 Å². The molecule has 0 heterocycles. The van der Waals surface area contributed by atoms with Crippen LogP contribution >= 0.6 is 0 Å². The van der Waals surface area contributed by atoms with E-state index in [0.717, 1.165) is 5.56 Å². The van der Waals surface area contributed by atoms with Gasteiger partial charge in [0.15, 0.2) is 0 Å². The Balaban J connectivity index is 3.03. The van der Waals surface area contributed by atoms with Gasteiger partial charge < -0.3 is 4.74 Å². The smallest absolute Gasteiger partial charge is 0.125 e. The molecule has 0 atom stereocenters. The van der Waals surface area contributed by atoms with E-state index in [0.29, 0.717) is 18.4 Å². The lowest BCUT2D eigenvalue weighted by molar-refractivity contribution is 0.265. The fourth-order valence-corrected chi connectivity index (χ4v) is 1.86. The van der Waals surface area contributed by atoms with Crippen LogP contribution in [0.5, 0.6) is 0 Å². The first kappa shape index (κ1) is 12.6. The van der Waals surface area contributed by atoms with Gasteiger partial charge in [0.1, 0.15) is 12.7 Å². The van der Waals surface area contributed by atoms with Gasteiger partial charge in [-0.2, -0.15) is 0 Å². The lowest BCUT2D eigenvalue weighted by Crippen LogP contribution is -2.00. The molecule has 0 radical (unpaired) electrons. The van der Waals surface area contributed by atoms with E-state index in [9.17, 15) is 0 Å². The molecular weight excluding hydrogens is 196 g/mol. The monoisotopic (exact) mass is 216 g/mol. The largest absolute Gasteiger partial charge is 0.442 e. The van der Waals surface area contributed by atoms with E-state index in [4.69, 9.17) is 11.2 Å². The number of hydrogen-bond donors (Lipinski definition) is 0. The van der Waals surface area contributed by atoms with Crippen molar-refractivity contribution in [3.05, 3.63) is 34.9 Å². The van der Waals surface area contributed by atoms with Gasteiger partial charge in [-0.25, -0.2) is 0 Å². The molecule has 0 amide bonds. The van der Waals surface area contributed by atoms with Crippen molar-refractivity contribution >= 4 is 0 Å². The second kappa shape index (κ2) is 5.61. The molecule has 1 nitrogen and oxygen atoms in total. The van der Waals surface area contributed by atoms with Crippen LogP contribution in [0.4, 0.5) is 0 Å². The zero-order valence-electron chi connectivity index (χ0n) is 10.6. The van der Waals surface area contributed by atoms with Gasteiger partial charge in [0.25, 0.3) is 0 Å². The summed E-state index contributed by atoms with van der Waals surface area (Å²) in [5, 5.41) is 0. The predicted octanol–water partition coefficient (Wildman–Crippen LogP) is 4.04. The van der Waals surface area contributed by atoms with E-state index in [1.54, 1.807) is 0 Å². The molecule has 0 fully saturated rings. The molecule has 86 valence electrons. The predicted molar refractivity (Wildman–Crippen MR) is 68.2 cm³/mol. The molecular formula is C15H20O. The SMILES string of the molecule is C#COCc1ccc(C(C)C)c(C(C)C)c1. The number of benzene rings is 1. The van der Waals surface area contributed by atoms with Gasteiger partial charge in [-0.05, 0) is 28.5 Å². The van der Waals surface area contributed by atoms with Crippen LogP contribution in [0.3, 0.4) is 0 Å². The average molecular weight is 216 g/mol. The highest BCUT2D eigenvalue weighted by Crippen LogP contribution is 2.27. The van der Waals surface area contributed by atoms with Crippen LogP contribution in [0, 0.1) is 12.5 Å². The van der Waals surface area contributed by atoms with Gasteiger partial charge in [0.05, 0.1) is 0 Å². The maximum absolute atomic E-state index is 5.08. The van der Waals surface area contributed by atoms with Gasteiger partial charge in [0.2, 0.25) is 0 Å². The van der Waals surface area contributed by atoms with Crippen molar-refractivity contribution in [3.8, 4) is 12.5 Å². The van der Waals surface area contributed by atoms with E-state index in [1.165, 1.54) is 11.1 Å². The molecule has 1 heteroatoms. The van der Waals surface area contributed by atoms with Crippen molar-refractivity contribution in [1.82, 2.24) is 0 Å². The molecule has 1 aromatic rings. The van der Waals surface area contributed by atoms with Crippen LogP contribution in [0.2, 0.25) is 0 Å². The highest BCUT2D eigenvalue weighted by molar-refractivity contribution is 5.36. The first-order valence-electron chi connectivity index (χ1n) is 5.76. The minimum Gasteiger partial charge on any atom is -0.442 e. The van der Waals surface area contributed by atoms with Crippen molar-refractivity contribution in [1.29, 1.82) is 0 Å². The highest BCUT2D eigenvalue weighted by atomic mass is 16.5. The Labute approximate surface area is 98.8 Å². The van der Waals surface area contributed by atoms with Crippen molar-refractivity contribution < 1.29 is 4.74 Å². The third kappa shape index (κ3) is 3.03. The standard InChI is InChI=1S/C15H20O/c1-6-16-10-13-7-8-14(11(2)3)15(9-13)12(4)5/h1,7-9,11-12H,10H2,2-5H3. The van der Waals surface area contributed by atoms with Crippen LogP contribution in [-0.2, 0) is 11.3 Å². The third-order valence-electron chi connectivity index (χ3n) is 2.72. The first-order valence-corrected chi connectivity index (χ1v) is 5.76. The van der Waals surface area contributed by atoms with Gasteiger partial charge in [0, 0.05) is 0 Å². The van der Waals surface area contributed by atoms with Crippen molar-refractivity contribution in [2.45, 2.75) is 46.1 Å². The second-order valence-corrected chi connectivity index (χ2v) is 4.68. The summed E-state index contributed by atoms with van der Waals surface area (Å²) in [5.74, 6) is 1.09. The maximum Gasteiger partial charge on any atom is 0.125 e. The Morgan fingerprint density at radius 2 is 1.75 bits per heavy atom.